The molecule has 0 bridgehead atoms. The van der Waals surface area contributed by atoms with Crippen molar-refractivity contribution in [3.63, 3.8) is 0 Å². The Morgan fingerprint density at radius 3 is 2.86 bits per heavy atom. The lowest BCUT2D eigenvalue weighted by Gasteiger charge is -2.37. The van der Waals surface area contributed by atoms with Crippen LogP contribution in [0.1, 0.15) is 12.8 Å². The van der Waals surface area contributed by atoms with E-state index < -0.39 is 0 Å². The van der Waals surface area contributed by atoms with Crippen molar-refractivity contribution < 1.29 is 13.9 Å². The molecule has 0 unspecified atom stereocenters. The van der Waals surface area contributed by atoms with Crippen LogP contribution in [0.2, 0.25) is 0 Å². The van der Waals surface area contributed by atoms with E-state index in [1.165, 1.54) is 6.08 Å². The number of amides is 1. The van der Waals surface area contributed by atoms with Crippen LogP contribution in [0.4, 0.5) is 5.69 Å². The number of nitrogens with zero attached hydrogens (tertiary/aromatic N) is 3. The molecule has 0 saturated heterocycles. The number of ether oxygens (including phenoxy) is 1. The number of fused-ring (bicyclic) bond motifs is 2. The van der Waals surface area contributed by atoms with Crippen molar-refractivity contribution in [2.45, 2.75) is 13.0 Å². The highest BCUT2D eigenvalue weighted by atomic mass is 16.5. The number of carbonyl (C=O) groups is 1. The van der Waals surface area contributed by atoms with E-state index in [1.807, 2.05) is 42.5 Å². The van der Waals surface area contributed by atoms with Crippen LogP contribution in [0.3, 0.4) is 0 Å². The second-order valence-corrected chi connectivity index (χ2v) is 6.82. The summed E-state index contributed by atoms with van der Waals surface area (Å²) >= 11 is 0. The molecule has 0 fully saturated rings. The second-order valence-electron chi connectivity index (χ2n) is 6.82. The molecule has 6 heteroatoms. The third-order valence-corrected chi connectivity index (χ3v) is 4.84. The minimum absolute atomic E-state index is 0.0819. The summed E-state index contributed by atoms with van der Waals surface area (Å²) in [5, 5.41) is 0. The molecule has 0 radical (unpaired) electrons. The summed E-state index contributed by atoms with van der Waals surface area (Å²) in [5.74, 6) is 1.17. The molecule has 0 N–H and O–H groups in total. The maximum Gasteiger partial charge on any atom is 0.246 e. The van der Waals surface area contributed by atoms with E-state index in [1.54, 1.807) is 18.0 Å². The molecule has 1 amide bonds. The van der Waals surface area contributed by atoms with Gasteiger partial charge in [0.2, 0.25) is 11.8 Å². The van der Waals surface area contributed by atoms with Crippen LogP contribution in [0, 0.1) is 0 Å². The molecule has 28 heavy (non-hydrogen) atoms. The van der Waals surface area contributed by atoms with E-state index in [0.29, 0.717) is 18.0 Å². The summed E-state index contributed by atoms with van der Waals surface area (Å²) < 4.78 is 11.7. The number of benzene rings is 2. The third-order valence-electron chi connectivity index (χ3n) is 4.84. The van der Waals surface area contributed by atoms with Gasteiger partial charge in [0, 0.05) is 25.7 Å². The van der Waals surface area contributed by atoms with Gasteiger partial charge in [-0.25, -0.2) is 4.98 Å². The maximum atomic E-state index is 12.5. The van der Waals surface area contributed by atoms with Crippen molar-refractivity contribution >= 4 is 28.8 Å². The van der Waals surface area contributed by atoms with Crippen molar-refractivity contribution in [2.75, 3.05) is 31.6 Å². The van der Waals surface area contributed by atoms with Crippen molar-refractivity contribution in [2.24, 2.45) is 0 Å². The second kappa shape index (κ2) is 7.76. The summed E-state index contributed by atoms with van der Waals surface area (Å²) in [5.41, 5.74) is 2.58. The summed E-state index contributed by atoms with van der Waals surface area (Å²) in [4.78, 5) is 20.8. The van der Waals surface area contributed by atoms with Crippen LogP contribution >= 0.6 is 0 Å². The lowest BCUT2D eigenvalue weighted by molar-refractivity contribution is -0.125. The molecule has 1 atom stereocenters. The fourth-order valence-corrected chi connectivity index (χ4v) is 3.40. The van der Waals surface area contributed by atoms with Gasteiger partial charge in [0.25, 0.3) is 0 Å². The molecule has 4 rings (SSSR count). The topological polar surface area (TPSA) is 58.8 Å². The predicted molar refractivity (Wildman–Crippen MR) is 109 cm³/mol. The number of rotatable bonds is 5. The fourth-order valence-electron chi connectivity index (χ4n) is 3.40. The summed E-state index contributed by atoms with van der Waals surface area (Å²) in [6.45, 7) is 4.27. The zero-order valence-electron chi connectivity index (χ0n) is 16.0. The molecule has 0 aliphatic carbocycles. The van der Waals surface area contributed by atoms with Gasteiger partial charge in [0.05, 0.1) is 18.8 Å². The van der Waals surface area contributed by atoms with Crippen molar-refractivity contribution in [1.82, 2.24) is 9.88 Å². The summed E-state index contributed by atoms with van der Waals surface area (Å²) in [7, 11) is 1.78. The number of aromatic nitrogens is 1. The van der Waals surface area contributed by atoms with E-state index in [-0.39, 0.29) is 12.0 Å². The Bertz CT molecular complexity index is 978. The minimum atomic E-state index is -0.118. The Kier molecular flexibility index (Phi) is 5.02. The number of hydrogen-bond acceptors (Lipinski definition) is 5. The number of anilines is 1. The monoisotopic (exact) mass is 377 g/mol. The molecular weight excluding hydrogens is 354 g/mol. The van der Waals surface area contributed by atoms with Gasteiger partial charge >= 0.3 is 0 Å². The Balaban J connectivity index is 1.40. The van der Waals surface area contributed by atoms with E-state index in [2.05, 4.69) is 22.9 Å². The van der Waals surface area contributed by atoms with Crippen molar-refractivity contribution in [1.29, 1.82) is 0 Å². The number of para-hydroxylation sites is 4. The van der Waals surface area contributed by atoms with Gasteiger partial charge in [0.15, 0.2) is 5.58 Å². The Morgan fingerprint density at radius 1 is 1.25 bits per heavy atom. The molecule has 2 heterocycles. The van der Waals surface area contributed by atoms with Crippen LogP contribution in [0.5, 0.6) is 5.75 Å². The van der Waals surface area contributed by atoms with Gasteiger partial charge in [-0.2, -0.15) is 0 Å². The molecule has 1 aliphatic rings. The first-order valence-corrected chi connectivity index (χ1v) is 9.43. The zero-order chi connectivity index (χ0) is 19.5. The minimum Gasteiger partial charge on any atom is -0.485 e. The Hall–Kier alpha value is -3.28. The molecule has 1 aliphatic heterocycles. The Labute approximate surface area is 164 Å². The predicted octanol–water partition coefficient (Wildman–Crippen LogP) is 3.59. The van der Waals surface area contributed by atoms with Gasteiger partial charge in [0.1, 0.15) is 17.4 Å². The fraction of sp³-hybridized carbons (Fsp3) is 0.273. The number of hydrogen-bond donors (Lipinski definition) is 0. The summed E-state index contributed by atoms with van der Waals surface area (Å²) in [6, 6.07) is 15.5. The molecule has 2 aromatic carbocycles. The highest BCUT2D eigenvalue weighted by Crippen LogP contribution is 2.32. The van der Waals surface area contributed by atoms with E-state index >= 15 is 0 Å². The first-order valence-electron chi connectivity index (χ1n) is 9.43. The van der Waals surface area contributed by atoms with Crippen LogP contribution in [0.15, 0.2) is 59.0 Å². The average molecular weight is 377 g/mol. The van der Waals surface area contributed by atoms with Gasteiger partial charge < -0.3 is 19.0 Å². The lowest BCUT2D eigenvalue weighted by atomic mass is 10.2. The largest absolute Gasteiger partial charge is 0.485 e. The summed E-state index contributed by atoms with van der Waals surface area (Å²) in [6.07, 6.45) is 3.01. The number of carbonyl (C=O) groups excluding carboxylic acids is 1. The molecule has 6 nitrogen and oxygen atoms in total. The van der Waals surface area contributed by atoms with E-state index in [9.17, 15) is 4.79 Å². The molecule has 144 valence electrons. The zero-order valence-corrected chi connectivity index (χ0v) is 16.0. The van der Waals surface area contributed by atoms with Gasteiger partial charge in [-0.3, -0.25) is 4.79 Å². The number of likely N-dealkylation sites (N-methyl/N-ethyl adjacent to an activating group) is 2. The van der Waals surface area contributed by atoms with Gasteiger partial charge in [-0.15, -0.1) is 0 Å². The van der Waals surface area contributed by atoms with E-state index in [4.69, 9.17) is 9.15 Å². The van der Waals surface area contributed by atoms with Gasteiger partial charge in [-0.05, 0) is 31.2 Å². The average Bonchev–Trinajstić information content (AvgIpc) is 3.14. The highest BCUT2D eigenvalue weighted by Gasteiger charge is 2.26. The molecule has 0 saturated carbocycles. The van der Waals surface area contributed by atoms with Crippen LogP contribution < -0.4 is 9.64 Å². The van der Waals surface area contributed by atoms with Crippen LogP contribution in [0.25, 0.3) is 17.2 Å². The standard InChI is InChI=1S/C22H23N3O3/c1-3-25-15-16(27-20-11-7-5-9-18(20)25)14-24(2)22(26)13-12-21-23-17-8-4-6-10-19(17)28-21/h4-13,16H,3,14-15H2,1-2H3/b13-12+/t16-/m1/s1. The molecular formula is C22H23N3O3. The SMILES string of the molecule is CCN1C[C@@H](CN(C)C(=O)/C=C/c2nc3ccccc3o2)Oc2ccccc21. The first-order chi connectivity index (χ1) is 13.6. The van der Waals surface area contributed by atoms with Gasteiger partial charge in [-0.1, -0.05) is 24.3 Å². The normalized spacial score (nSPS) is 16.2. The first kappa shape index (κ1) is 18.1. The van der Waals surface area contributed by atoms with Crippen molar-refractivity contribution in [3.05, 3.63) is 60.5 Å². The van der Waals surface area contributed by atoms with Crippen molar-refractivity contribution in [3.8, 4) is 5.75 Å². The third kappa shape index (κ3) is 3.71. The molecule has 3 aromatic rings. The Morgan fingerprint density at radius 2 is 2.04 bits per heavy atom. The maximum absolute atomic E-state index is 12.5. The molecule has 0 spiro atoms. The molecule has 1 aromatic heterocycles. The quantitative estimate of drug-likeness (QED) is 0.636. The lowest BCUT2D eigenvalue weighted by Crippen LogP contribution is -2.46. The smallest absolute Gasteiger partial charge is 0.246 e. The van der Waals surface area contributed by atoms with Crippen LogP contribution in [-0.4, -0.2) is 48.6 Å². The van der Waals surface area contributed by atoms with E-state index in [0.717, 1.165) is 30.0 Å². The highest BCUT2D eigenvalue weighted by molar-refractivity contribution is 5.91. The van der Waals surface area contributed by atoms with Crippen LogP contribution in [-0.2, 0) is 4.79 Å². The number of oxazole rings is 1.